The zero-order chi connectivity index (χ0) is 16.7. The minimum atomic E-state index is -0.905. The predicted molar refractivity (Wildman–Crippen MR) is 84.8 cm³/mol. The molecule has 4 nitrogen and oxygen atoms in total. The highest BCUT2D eigenvalue weighted by atomic mass is 35.5. The maximum atomic E-state index is 13.5. The van der Waals surface area contributed by atoms with Crippen molar-refractivity contribution < 1.29 is 18.7 Å². The minimum absolute atomic E-state index is 0.178. The largest absolute Gasteiger partial charge is 0.452 e. The zero-order valence-electron chi connectivity index (χ0n) is 12.2. The molecular formula is C17H15ClFNO3. The molecular weight excluding hydrogens is 321 g/mol. The normalized spacial score (nSPS) is 10.2. The lowest BCUT2D eigenvalue weighted by atomic mass is 10.1. The van der Waals surface area contributed by atoms with Gasteiger partial charge in [0, 0.05) is 11.6 Å². The topological polar surface area (TPSA) is 55.4 Å². The van der Waals surface area contributed by atoms with E-state index < -0.39 is 24.3 Å². The third-order valence-electron chi connectivity index (χ3n) is 3.06. The average Bonchev–Trinajstić information content (AvgIpc) is 2.53. The van der Waals surface area contributed by atoms with E-state index in [0.29, 0.717) is 13.0 Å². The van der Waals surface area contributed by atoms with E-state index in [1.54, 1.807) is 0 Å². The second-order valence-corrected chi connectivity index (χ2v) is 5.22. The molecule has 0 fully saturated rings. The molecule has 0 unspecified atom stereocenters. The van der Waals surface area contributed by atoms with Crippen molar-refractivity contribution >= 4 is 23.5 Å². The maximum absolute atomic E-state index is 13.5. The van der Waals surface area contributed by atoms with Gasteiger partial charge < -0.3 is 10.1 Å². The lowest BCUT2D eigenvalue weighted by Crippen LogP contribution is -2.30. The Morgan fingerprint density at radius 2 is 1.87 bits per heavy atom. The molecule has 0 saturated carbocycles. The van der Waals surface area contributed by atoms with Crippen LogP contribution >= 0.6 is 11.6 Å². The van der Waals surface area contributed by atoms with Gasteiger partial charge in [0.15, 0.2) is 6.61 Å². The molecule has 6 heteroatoms. The third-order valence-corrected chi connectivity index (χ3v) is 3.30. The van der Waals surface area contributed by atoms with Crippen LogP contribution in [0.15, 0.2) is 48.5 Å². The number of hydrogen-bond acceptors (Lipinski definition) is 3. The van der Waals surface area contributed by atoms with E-state index in [4.69, 9.17) is 16.3 Å². The first-order valence-electron chi connectivity index (χ1n) is 6.99. The molecule has 0 aliphatic heterocycles. The van der Waals surface area contributed by atoms with Crippen molar-refractivity contribution in [1.82, 2.24) is 5.32 Å². The molecule has 0 radical (unpaired) electrons. The van der Waals surface area contributed by atoms with E-state index in [2.05, 4.69) is 5.32 Å². The van der Waals surface area contributed by atoms with Crippen LogP contribution in [0.4, 0.5) is 4.39 Å². The number of nitrogens with one attached hydrogen (secondary N) is 1. The number of benzene rings is 2. The summed E-state index contributed by atoms with van der Waals surface area (Å²) in [6.45, 7) is -0.0363. The van der Waals surface area contributed by atoms with Gasteiger partial charge in [0.1, 0.15) is 5.82 Å². The Bertz CT molecular complexity index is 691. The summed E-state index contributed by atoms with van der Waals surface area (Å²) in [4.78, 5) is 23.3. The molecule has 0 aliphatic carbocycles. The number of carbonyl (C=O) groups excluding carboxylic acids is 2. The lowest BCUT2D eigenvalue weighted by molar-refractivity contribution is -0.124. The van der Waals surface area contributed by atoms with Crippen LogP contribution in [0.1, 0.15) is 15.9 Å². The summed E-state index contributed by atoms with van der Waals surface area (Å²) in [5.74, 6) is -2.13. The maximum Gasteiger partial charge on any atom is 0.341 e. The zero-order valence-corrected chi connectivity index (χ0v) is 13.0. The van der Waals surface area contributed by atoms with Crippen LogP contribution in [-0.4, -0.2) is 25.0 Å². The van der Waals surface area contributed by atoms with Crippen molar-refractivity contribution in [2.45, 2.75) is 6.42 Å². The van der Waals surface area contributed by atoms with Gasteiger partial charge in [0.05, 0.1) is 5.56 Å². The number of esters is 1. The van der Waals surface area contributed by atoms with Crippen molar-refractivity contribution in [3.05, 3.63) is 70.5 Å². The van der Waals surface area contributed by atoms with Gasteiger partial charge in [0.2, 0.25) is 0 Å². The van der Waals surface area contributed by atoms with Crippen LogP contribution in [-0.2, 0) is 16.0 Å². The van der Waals surface area contributed by atoms with Crippen molar-refractivity contribution in [1.29, 1.82) is 0 Å². The molecule has 0 bridgehead atoms. The molecule has 0 spiro atoms. The SMILES string of the molecule is O=C(COC(=O)c1ccc(Cl)cc1F)NCCc1ccccc1. The second-order valence-electron chi connectivity index (χ2n) is 4.79. The van der Waals surface area contributed by atoms with Gasteiger partial charge >= 0.3 is 5.97 Å². The van der Waals surface area contributed by atoms with Gasteiger partial charge in [-0.25, -0.2) is 9.18 Å². The fourth-order valence-corrected chi connectivity index (χ4v) is 2.06. The Morgan fingerprint density at radius 3 is 2.57 bits per heavy atom. The molecule has 0 saturated heterocycles. The van der Waals surface area contributed by atoms with E-state index in [-0.39, 0.29) is 10.6 Å². The molecule has 1 N–H and O–H groups in total. The summed E-state index contributed by atoms with van der Waals surface area (Å²) < 4.78 is 18.3. The van der Waals surface area contributed by atoms with Crippen molar-refractivity contribution in [2.75, 3.05) is 13.2 Å². The van der Waals surface area contributed by atoms with Crippen molar-refractivity contribution in [3.8, 4) is 0 Å². The van der Waals surface area contributed by atoms with Crippen LogP contribution in [0.3, 0.4) is 0 Å². The van der Waals surface area contributed by atoms with E-state index in [1.807, 2.05) is 30.3 Å². The summed E-state index contributed by atoms with van der Waals surface area (Å²) in [6, 6.07) is 13.3. The molecule has 0 aromatic heterocycles. The first-order valence-corrected chi connectivity index (χ1v) is 7.37. The Hall–Kier alpha value is -2.40. The number of rotatable bonds is 6. The van der Waals surface area contributed by atoms with Crippen LogP contribution < -0.4 is 5.32 Å². The van der Waals surface area contributed by atoms with E-state index in [9.17, 15) is 14.0 Å². The Morgan fingerprint density at radius 1 is 1.13 bits per heavy atom. The number of hydrogen-bond donors (Lipinski definition) is 1. The van der Waals surface area contributed by atoms with Crippen LogP contribution in [0.2, 0.25) is 5.02 Å². The van der Waals surface area contributed by atoms with Crippen molar-refractivity contribution in [2.24, 2.45) is 0 Å². The van der Waals surface area contributed by atoms with Crippen molar-refractivity contribution in [3.63, 3.8) is 0 Å². The highest BCUT2D eigenvalue weighted by Gasteiger charge is 2.14. The van der Waals surface area contributed by atoms with Gasteiger partial charge in [-0.2, -0.15) is 0 Å². The Labute approximate surface area is 138 Å². The fourth-order valence-electron chi connectivity index (χ4n) is 1.91. The summed E-state index contributed by atoms with van der Waals surface area (Å²) in [7, 11) is 0. The van der Waals surface area contributed by atoms with Gasteiger partial charge in [-0.1, -0.05) is 41.9 Å². The summed E-state index contributed by atoms with van der Waals surface area (Å²) >= 11 is 5.60. The van der Waals surface area contributed by atoms with Gasteiger partial charge in [-0.15, -0.1) is 0 Å². The molecule has 0 heterocycles. The first-order chi connectivity index (χ1) is 11.1. The Kier molecular flexibility index (Phi) is 6.11. The molecule has 1 amide bonds. The fraction of sp³-hybridized carbons (Fsp3) is 0.176. The quantitative estimate of drug-likeness (QED) is 0.826. The highest BCUT2D eigenvalue weighted by Crippen LogP contribution is 2.15. The number of halogens is 2. The van der Waals surface area contributed by atoms with Crippen LogP contribution in [0, 0.1) is 5.82 Å². The van der Waals surface area contributed by atoms with Crippen LogP contribution in [0.25, 0.3) is 0 Å². The molecule has 2 aromatic rings. The molecule has 23 heavy (non-hydrogen) atoms. The number of carbonyl (C=O) groups is 2. The molecule has 2 rings (SSSR count). The molecule has 0 atom stereocenters. The molecule has 2 aromatic carbocycles. The number of amides is 1. The standard InChI is InChI=1S/C17H15ClFNO3/c18-13-6-7-14(15(19)10-13)17(22)23-11-16(21)20-9-8-12-4-2-1-3-5-12/h1-7,10H,8-9,11H2,(H,20,21). The highest BCUT2D eigenvalue weighted by molar-refractivity contribution is 6.30. The summed E-state index contributed by atoms with van der Waals surface area (Å²) in [5.41, 5.74) is 0.833. The van der Waals surface area contributed by atoms with Gasteiger partial charge in [-0.3, -0.25) is 4.79 Å². The van der Waals surface area contributed by atoms with E-state index in [1.165, 1.54) is 12.1 Å². The van der Waals surface area contributed by atoms with Crippen LogP contribution in [0.5, 0.6) is 0 Å². The van der Waals surface area contributed by atoms with E-state index in [0.717, 1.165) is 11.6 Å². The predicted octanol–water partition coefficient (Wildman–Crippen LogP) is 2.99. The first kappa shape index (κ1) is 17.0. The average molecular weight is 336 g/mol. The molecule has 0 aliphatic rings. The van der Waals surface area contributed by atoms with E-state index >= 15 is 0 Å². The third kappa shape index (κ3) is 5.38. The molecule has 120 valence electrons. The summed E-state index contributed by atoms with van der Waals surface area (Å²) in [6.07, 6.45) is 0.673. The monoisotopic (exact) mass is 335 g/mol. The lowest BCUT2D eigenvalue weighted by Gasteiger charge is -2.07. The van der Waals surface area contributed by atoms with Gasteiger partial charge in [-0.05, 0) is 30.2 Å². The Balaban J connectivity index is 1.74. The second kappa shape index (κ2) is 8.29. The minimum Gasteiger partial charge on any atom is -0.452 e. The van der Waals surface area contributed by atoms with Gasteiger partial charge in [0.25, 0.3) is 5.91 Å². The smallest absolute Gasteiger partial charge is 0.341 e. The summed E-state index contributed by atoms with van der Waals surface area (Å²) in [5, 5.41) is 2.81. The number of ether oxygens (including phenoxy) is 1.